The lowest BCUT2D eigenvalue weighted by molar-refractivity contribution is -0.120. The summed E-state index contributed by atoms with van der Waals surface area (Å²) in [6.45, 7) is 4.08. The molecule has 0 saturated carbocycles. The van der Waals surface area contributed by atoms with E-state index in [9.17, 15) is 9.59 Å². The van der Waals surface area contributed by atoms with Crippen molar-refractivity contribution in [2.45, 2.75) is 26.7 Å². The van der Waals surface area contributed by atoms with Gasteiger partial charge in [-0.25, -0.2) is 4.68 Å². The van der Waals surface area contributed by atoms with Crippen molar-refractivity contribution in [3.8, 4) is 5.69 Å². The molecule has 0 fully saturated rings. The molecular weight excluding hydrogens is 352 g/mol. The van der Waals surface area contributed by atoms with E-state index in [1.54, 1.807) is 0 Å². The van der Waals surface area contributed by atoms with Crippen LogP contribution in [0.3, 0.4) is 0 Å². The van der Waals surface area contributed by atoms with E-state index in [-0.39, 0.29) is 18.2 Å². The highest BCUT2D eigenvalue weighted by atomic mass is 16.2. The Bertz CT molecular complexity index is 949. The maximum absolute atomic E-state index is 12.3. The Hall–Kier alpha value is -3.41. The monoisotopic (exact) mass is 376 g/mol. The Morgan fingerprint density at radius 2 is 1.57 bits per heavy atom. The molecule has 0 spiro atoms. The van der Waals surface area contributed by atoms with Crippen LogP contribution in [-0.4, -0.2) is 28.1 Å². The zero-order valence-corrected chi connectivity index (χ0v) is 16.1. The minimum Gasteiger partial charge on any atom is -0.355 e. The van der Waals surface area contributed by atoms with Crippen LogP contribution < -0.4 is 10.6 Å². The van der Waals surface area contributed by atoms with Crippen molar-refractivity contribution in [3.05, 3.63) is 77.6 Å². The van der Waals surface area contributed by atoms with Crippen molar-refractivity contribution < 1.29 is 9.59 Å². The maximum atomic E-state index is 12.3. The first-order chi connectivity index (χ1) is 13.5. The number of benzene rings is 2. The number of carbonyl (C=O) groups is 2. The van der Waals surface area contributed by atoms with Crippen LogP contribution in [0.25, 0.3) is 5.69 Å². The van der Waals surface area contributed by atoms with Crippen molar-refractivity contribution in [2.24, 2.45) is 0 Å². The van der Waals surface area contributed by atoms with Gasteiger partial charge >= 0.3 is 0 Å². The first-order valence-electron chi connectivity index (χ1n) is 9.26. The summed E-state index contributed by atoms with van der Waals surface area (Å²) in [5.41, 5.74) is 4.22. The Kier molecular flexibility index (Phi) is 6.22. The van der Waals surface area contributed by atoms with Crippen molar-refractivity contribution in [1.82, 2.24) is 15.1 Å². The van der Waals surface area contributed by atoms with Gasteiger partial charge < -0.3 is 10.6 Å². The maximum Gasteiger partial charge on any atom is 0.226 e. The zero-order chi connectivity index (χ0) is 19.9. The minimum absolute atomic E-state index is 0.0942. The summed E-state index contributed by atoms with van der Waals surface area (Å²) in [5.74, 6) is -0.248. The van der Waals surface area contributed by atoms with Gasteiger partial charge in [-0.1, -0.05) is 48.5 Å². The van der Waals surface area contributed by atoms with Crippen LogP contribution in [-0.2, 0) is 16.0 Å². The highest BCUT2D eigenvalue weighted by Crippen LogP contribution is 2.22. The molecule has 2 aromatic carbocycles. The van der Waals surface area contributed by atoms with E-state index in [0.29, 0.717) is 18.7 Å². The van der Waals surface area contributed by atoms with E-state index in [2.05, 4.69) is 15.7 Å². The number of para-hydroxylation sites is 1. The quantitative estimate of drug-likeness (QED) is 0.665. The number of rotatable bonds is 7. The van der Waals surface area contributed by atoms with Crippen molar-refractivity contribution in [1.29, 1.82) is 0 Å². The third-order valence-corrected chi connectivity index (χ3v) is 4.44. The van der Waals surface area contributed by atoms with Gasteiger partial charge in [0.2, 0.25) is 11.8 Å². The van der Waals surface area contributed by atoms with Crippen LogP contribution in [0, 0.1) is 13.8 Å². The number of aryl methyl sites for hydroxylation is 1. The molecule has 6 heteroatoms. The highest BCUT2D eigenvalue weighted by molar-refractivity contribution is 5.92. The molecular formula is C22H24N4O2. The topological polar surface area (TPSA) is 76.0 Å². The van der Waals surface area contributed by atoms with Crippen molar-refractivity contribution >= 4 is 17.5 Å². The average molecular weight is 376 g/mol. The lowest BCUT2D eigenvalue weighted by atomic mass is 10.1. The molecule has 28 heavy (non-hydrogen) atoms. The molecule has 1 heterocycles. The Labute approximate surface area is 164 Å². The Morgan fingerprint density at radius 1 is 0.929 bits per heavy atom. The predicted molar refractivity (Wildman–Crippen MR) is 109 cm³/mol. The number of carbonyl (C=O) groups excluding carboxylic acids is 2. The molecule has 0 saturated heterocycles. The normalized spacial score (nSPS) is 10.5. The average Bonchev–Trinajstić information content (AvgIpc) is 2.97. The van der Waals surface area contributed by atoms with Crippen LogP contribution in [0.15, 0.2) is 60.7 Å². The van der Waals surface area contributed by atoms with Gasteiger partial charge in [-0.2, -0.15) is 5.10 Å². The zero-order valence-electron chi connectivity index (χ0n) is 16.1. The minimum atomic E-state index is -0.154. The largest absolute Gasteiger partial charge is 0.355 e. The van der Waals surface area contributed by atoms with Crippen LogP contribution in [0.5, 0.6) is 0 Å². The van der Waals surface area contributed by atoms with E-state index >= 15 is 0 Å². The van der Waals surface area contributed by atoms with Gasteiger partial charge in [0.1, 0.15) is 0 Å². The van der Waals surface area contributed by atoms with Crippen LogP contribution >= 0.6 is 0 Å². The summed E-state index contributed by atoms with van der Waals surface area (Å²) >= 11 is 0. The van der Waals surface area contributed by atoms with Gasteiger partial charge in [-0.05, 0) is 31.5 Å². The smallest absolute Gasteiger partial charge is 0.226 e. The summed E-state index contributed by atoms with van der Waals surface area (Å²) in [4.78, 5) is 24.3. The highest BCUT2D eigenvalue weighted by Gasteiger charge is 2.15. The molecule has 0 atom stereocenters. The van der Waals surface area contributed by atoms with E-state index in [1.165, 1.54) is 0 Å². The number of aromatic nitrogens is 2. The first kappa shape index (κ1) is 19.4. The summed E-state index contributed by atoms with van der Waals surface area (Å²) in [7, 11) is 0. The van der Waals surface area contributed by atoms with Gasteiger partial charge in [0.05, 0.1) is 29.2 Å². The molecule has 0 unspecified atom stereocenters. The third kappa shape index (κ3) is 4.85. The molecule has 6 nitrogen and oxygen atoms in total. The number of amides is 2. The summed E-state index contributed by atoms with van der Waals surface area (Å²) in [5, 5.41) is 10.2. The van der Waals surface area contributed by atoms with Crippen molar-refractivity contribution in [3.63, 3.8) is 0 Å². The fourth-order valence-electron chi connectivity index (χ4n) is 3.01. The number of hydrogen-bond donors (Lipinski definition) is 2. The molecule has 0 aliphatic rings. The summed E-state index contributed by atoms with van der Waals surface area (Å²) in [6.07, 6.45) is 0.514. The van der Waals surface area contributed by atoms with Gasteiger partial charge in [-0.3, -0.25) is 9.59 Å². The van der Waals surface area contributed by atoms with E-state index in [0.717, 1.165) is 22.6 Å². The second-order valence-corrected chi connectivity index (χ2v) is 6.60. The fraction of sp³-hybridized carbons (Fsp3) is 0.227. The van der Waals surface area contributed by atoms with Crippen LogP contribution in [0.4, 0.5) is 5.69 Å². The van der Waals surface area contributed by atoms with Crippen molar-refractivity contribution in [2.75, 3.05) is 11.9 Å². The predicted octanol–water partition coefficient (Wildman–Crippen LogP) is 3.18. The van der Waals surface area contributed by atoms with Gasteiger partial charge in [0.15, 0.2) is 0 Å². The van der Waals surface area contributed by atoms with Gasteiger partial charge in [-0.15, -0.1) is 0 Å². The van der Waals surface area contributed by atoms with Gasteiger partial charge in [0, 0.05) is 13.0 Å². The molecule has 0 radical (unpaired) electrons. The van der Waals surface area contributed by atoms with Crippen LogP contribution in [0.1, 0.15) is 23.4 Å². The molecule has 0 aliphatic carbocycles. The second-order valence-electron chi connectivity index (χ2n) is 6.60. The van der Waals surface area contributed by atoms with E-state index in [1.807, 2.05) is 79.2 Å². The van der Waals surface area contributed by atoms with Gasteiger partial charge in [0.25, 0.3) is 0 Å². The molecule has 1 aromatic heterocycles. The molecule has 3 rings (SSSR count). The second kappa shape index (κ2) is 8.99. The number of hydrogen-bond acceptors (Lipinski definition) is 3. The number of anilines is 1. The SMILES string of the molecule is Cc1nn(-c2ccccc2)c(C)c1NC(=O)CCNC(=O)Cc1ccccc1. The van der Waals surface area contributed by atoms with E-state index < -0.39 is 0 Å². The molecule has 0 aliphatic heterocycles. The molecule has 3 aromatic rings. The molecule has 2 amide bonds. The first-order valence-corrected chi connectivity index (χ1v) is 9.26. The third-order valence-electron chi connectivity index (χ3n) is 4.44. The Balaban J connectivity index is 1.52. The number of nitrogens with zero attached hydrogens (tertiary/aromatic N) is 2. The lowest BCUT2D eigenvalue weighted by Gasteiger charge is -2.08. The van der Waals surface area contributed by atoms with E-state index in [4.69, 9.17) is 0 Å². The molecule has 144 valence electrons. The lowest BCUT2D eigenvalue weighted by Crippen LogP contribution is -2.29. The standard InChI is InChI=1S/C22H24N4O2/c1-16-22(17(2)26(25-16)19-11-7-4-8-12-19)24-20(27)13-14-23-21(28)15-18-9-5-3-6-10-18/h3-12H,13-15H2,1-2H3,(H,23,28)(H,24,27). The molecule has 0 bridgehead atoms. The molecule has 2 N–H and O–H groups in total. The number of nitrogens with one attached hydrogen (secondary N) is 2. The van der Waals surface area contributed by atoms with Crippen LogP contribution in [0.2, 0.25) is 0 Å². The summed E-state index contributed by atoms with van der Waals surface area (Å²) in [6, 6.07) is 19.3. The summed E-state index contributed by atoms with van der Waals surface area (Å²) < 4.78 is 1.81. The Morgan fingerprint density at radius 3 is 2.25 bits per heavy atom. The fourth-order valence-corrected chi connectivity index (χ4v) is 3.01.